The van der Waals surface area contributed by atoms with Gasteiger partial charge in [0.25, 0.3) is 0 Å². The van der Waals surface area contributed by atoms with E-state index in [1.807, 2.05) is 0 Å². The van der Waals surface area contributed by atoms with Gasteiger partial charge in [0.1, 0.15) is 12.7 Å². The van der Waals surface area contributed by atoms with Crippen molar-refractivity contribution in [3.63, 3.8) is 0 Å². The van der Waals surface area contributed by atoms with Gasteiger partial charge in [0.05, 0.1) is 0 Å². The summed E-state index contributed by atoms with van der Waals surface area (Å²) >= 11 is 0. The summed E-state index contributed by atoms with van der Waals surface area (Å²) in [5, 5.41) is 0. The molecule has 0 aromatic carbocycles. The number of thiol groups is 1. The maximum Gasteiger partial charge on any atom is 0.231 e. The molecular weight excluding hydrogens is 194 g/mol. The summed E-state index contributed by atoms with van der Waals surface area (Å²) in [6.07, 6.45) is 2.33. The summed E-state index contributed by atoms with van der Waals surface area (Å²) < 4.78 is 22.2. The monoisotopic (exact) mass is 199 g/mol. The van der Waals surface area contributed by atoms with Crippen molar-refractivity contribution >= 4 is 27.9 Å². The van der Waals surface area contributed by atoms with E-state index in [2.05, 4.69) is 15.0 Å². The molecule has 0 atom stereocenters. The molecule has 0 amide bonds. The van der Waals surface area contributed by atoms with E-state index < -0.39 is 10.9 Å². The average molecular weight is 199 g/mol. The van der Waals surface area contributed by atoms with E-state index >= 15 is 0 Å². The molecule has 0 saturated carbocycles. The van der Waals surface area contributed by atoms with Crippen LogP contribution in [0.15, 0.2) is 12.7 Å². The fourth-order valence-corrected chi connectivity index (χ4v) is 1.40. The number of aromatic nitrogens is 4. The molecule has 2 N–H and O–H groups in total. The van der Waals surface area contributed by atoms with Gasteiger partial charge in [-0.2, -0.15) is 0 Å². The van der Waals surface area contributed by atoms with Crippen molar-refractivity contribution in [2.24, 2.45) is 0 Å². The molecule has 2 heterocycles. The molecule has 0 aliphatic heterocycles. The van der Waals surface area contributed by atoms with Crippen LogP contribution in [0.1, 0.15) is 0 Å². The van der Waals surface area contributed by atoms with Crippen molar-refractivity contribution in [3.8, 4) is 0 Å². The minimum Gasteiger partial charge on any atom is -0.382 e. The summed E-state index contributed by atoms with van der Waals surface area (Å²) in [6, 6.07) is 0. The van der Waals surface area contributed by atoms with Gasteiger partial charge in [0.2, 0.25) is 10.9 Å². The van der Waals surface area contributed by atoms with E-state index in [1.165, 1.54) is 6.33 Å². The van der Waals surface area contributed by atoms with Crippen LogP contribution in [0.25, 0.3) is 11.2 Å². The van der Waals surface area contributed by atoms with Crippen LogP contribution in [0.5, 0.6) is 0 Å². The average Bonchev–Trinajstić information content (AvgIpc) is 2.48. The number of fused-ring (bicyclic) bond motifs is 1. The lowest BCUT2D eigenvalue weighted by atomic mass is 10.5. The zero-order valence-electron chi connectivity index (χ0n) is 6.28. The number of anilines is 1. The predicted molar refractivity (Wildman–Crippen MR) is 45.4 cm³/mol. The van der Waals surface area contributed by atoms with Crippen LogP contribution in [-0.2, 0) is 10.9 Å². The lowest BCUT2D eigenvalue weighted by molar-refractivity contribution is 0.608. The summed E-state index contributed by atoms with van der Waals surface area (Å²) in [5.74, 6) is 0.167. The molecule has 13 heavy (non-hydrogen) atoms. The largest absolute Gasteiger partial charge is 0.382 e. The van der Waals surface area contributed by atoms with Crippen molar-refractivity contribution in [2.75, 3.05) is 5.73 Å². The first-order valence-corrected chi connectivity index (χ1v) is 4.41. The van der Waals surface area contributed by atoms with Crippen molar-refractivity contribution in [1.82, 2.24) is 18.9 Å². The highest BCUT2D eigenvalue weighted by Gasteiger charge is 2.07. The Kier molecular flexibility index (Phi) is 1.62. The molecule has 0 fully saturated rings. The highest BCUT2D eigenvalue weighted by atomic mass is 32.2. The van der Waals surface area contributed by atoms with Gasteiger partial charge in [-0.1, -0.05) is 0 Å². The van der Waals surface area contributed by atoms with Crippen molar-refractivity contribution in [2.45, 2.75) is 0 Å². The van der Waals surface area contributed by atoms with Gasteiger partial charge in [-0.3, -0.25) is 0 Å². The number of nitrogens with zero attached hydrogens (tertiary/aromatic N) is 4. The van der Waals surface area contributed by atoms with Crippen LogP contribution in [0.2, 0.25) is 0 Å². The highest BCUT2D eigenvalue weighted by Crippen LogP contribution is 2.13. The Hall–Kier alpha value is -1.70. The molecule has 0 aliphatic rings. The Morgan fingerprint density at radius 2 is 2.08 bits per heavy atom. The third-order valence-corrected chi connectivity index (χ3v) is 2.16. The summed E-state index contributed by atoms with van der Waals surface area (Å²) in [5.41, 5.74) is 5.94. The van der Waals surface area contributed by atoms with E-state index in [1.54, 1.807) is 0 Å². The van der Waals surface area contributed by atoms with Gasteiger partial charge < -0.3 is 5.73 Å². The first kappa shape index (κ1) is 7.92. The van der Waals surface area contributed by atoms with E-state index in [9.17, 15) is 8.42 Å². The second kappa shape index (κ2) is 2.66. The number of nitrogen functional groups attached to an aromatic ring is 1. The molecule has 0 radical (unpaired) electrons. The fourth-order valence-electron chi connectivity index (χ4n) is 0.961. The van der Waals surface area contributed by atoms with Crippen LogP contribution in [0, 0.1) is 0 Å². The SMILES string of the molecule is Nc1ncnc2c1ncn2[SH](=O)=O. The molecule has 0 bridgehead atoms. The molecule has 8 heteroatoms. The lowest BCUT2D eigenvalue weighted by Crippen LogP contribution is -1.97. The van der Waals surface area contributed by atoms with E-state index in [0.29, 0.717) is 5.52 Å². The van der Waals surface area contributed by atoms with Gasteiger partial charge >= 0.3 is 0 Å². The van der Waals surface area contributed by atoms with Crippen LogP contribution in [-0.4, -0.2) is 27.3 Å². The third-order valence-electron chi connectivity index (χ3n) is 1.52. The van der Waals surface area contributed by atoms with E-state index in [4.69, 9.17) is 5.73 Å². The quantitative estimate of drug-likeness (QED) is 0.558. The maximum absolute atomic E-state index is 10.6. The summed E-state index contributed by atoms with van der Waals surface area (Å²) in [6.45, 7) is 0. The minimum atomic E-state index is -2.76. The van der Waals surface area contributed by atoms with Crippen LogP contribution in [0.3, 0.4) is 0 Å². The molecule has 0 unspecified atom stereocenters. The Morgan fingerprint density at radius 3 is 2.77 bits per heavy atom. The number of hydrogen-bond donors (Lipinski definition) is 2. The topological polar surface area (TPSA) is 104 Å². The lowest BCUT2D eigenvalue weighted by Gasteiger charge is -1.92. The van der Waals surface area contributed by atoms with Crippen molar-refractivity contribution < 1.29 is 8.42 Å². The van der Waals surface area contributed by atoms with Crippen LogP contribution < -0.4 is 5.73 Å². The van der Waals surface area contributed by atoms with E-state index in [-0.39, 0.29) is 11.5 Å². The number of imidazole rings is 1. The standard InChI is InChI=1S/C5H5N5O2S/c6-4-3-5(8-1-7-4)10(2-9-3)13(11)12/h1-2,13H,(H2,6,7,8). The Bertz CT molecular complexity index is 523. The van der Waals surface area contributed by atoms with E-state index in [0.717, 1.165) is 10.3 Å². The highest BCUT2D eigenvalue weighted by molar-refractivity contribution is 7.71. The smallest absolute Gasteiger partial charge is 0.231 e. The van der Waals surface area contributed by atoms with Gasteiger partial charge in [-0.05, 0) is 0 Å². The Balaban J connectivity index is 2.90. The first-order valence-electron chi connectivity index (χ1n) is 3.28. The molecular formula is C5H5N5O2S. The Morgan fingerprint density at radius 1 is 1.31 bits per heavy atom. The number of rotatable bonds is 1. The minimum absolute atomic E-state index is 0.167. The molecule has 0 spiro atoms. The molecule has 2 rings (SSSR count). The predicted octanol–water partition coefficient (Wildman–Crippen LogP) is -1.22. The zero-order valence-corrected chi connectivity index (χ0v) is 7.18. The third kappa shape index (κ3) is 1.11. The van der Waals surface area contributed by atoms with Gasteiger partial charge in [-0.25, -0.2) is 27.3 Å². The summed E-state index contributed by atoms with van der Waals surface area (Å²) in [4.78, 5) is 11.2. The van der Waals surface area contributed by atoms with Gasteiger partial charge in [-0.15, -0.1) is 0 Å². The molecule has 2 aromatic heterocycles. The molecule has 68 valence electrons. The van der Waals surface area contributed by atoms with Crippen LogP contribution in [0.4, 0.5) is 5.82 Å². The molecule has 7 nitrogen and oxygen atoms in total. The second-order valence-corrected chi connectivity index (χ2v) is 3.16. The summed E-state index contributed by atoms with van der Waals surface area (Å²) in [7, 11) is -2.76. The second-order valence-electron chi connectivity index (χ2n) is 2.26. The molecule has 0 saturated heterocycles. The Labute approximate surface area is 74.3 Å². The van der Waals surface area contributed by atoms with Crippen LogP contribution >= 0.6 is 0 Å². The van der Waals surface area contributed by atoms with Gasteiger partial charge in [0.15, 0.2) is 17.0 Å². The zero-order chi connectivity index (χ0) is 9.42. The van der Waals surface area contributed by atoms with Crippen molar-refractivity contribution in [1.29, 1.82) is 0 Å². The number of nitrogens with two attached hydrogens (primary N) is 1. The first-order chi connectivity index (χ1) is 6.20. The number of hydrogen-bond acceptors (Lipinski definition) is 6. The maximum atomic E-state index is 10.6. The normalized spacial score (nSPS) is 11.2. The molecule has 2 aromatic rings. The van der Waals surface area contributed by atoms with Crippen molar-refractivity contribution in [3.05, 3.63) is 12.7 Å². The van der Waals surface area contributed by atoms with Gasteiger partial charge in [0, 0.05) is 0 Å². The fraction of sp³-hybridized carbons (Fsp3) is 0. The molecule has 0 aliphatic carbocycles.